The van der Waals surface area contributed by atoms with E-state index >= 15 is 0 Å². The third-order valence-electron chi connectivity index (χ3n) is 1.76. The van der Waals surface area contributed by atoms with Gasteiger partial charge in [-0.25, -0.2) is 9.59 Å². The van der Waals surface area contributed by atoms with Crippen molar-refractivity contribution in [1.29, 1.82) is 0 Å². The number of carboxylic acids is 2. The van der Waals surface area contributed by atoms with Crippen LogP contribution in [0.15, 0.2) is 0 Å². The van der Waals surface area contributed by atoms with Crippen LogP contribution < -0.4 is 5.32 Å². The summed E-state index contributed by atoms with van der Waals surface area (Å²) in [5.74, 6) is -3.54. The predicted octanol–water partition coefficient (Wildman–Crippen LogP) is -1.75. The van der Waals surface area contributed by atoms with E-state index in [1.54, 1.807) is 0 Å². The zero-order valence-corrected chi connectivity index (χ0v) is 8.09. The van der Waals surface area contributed by atoms with Crippen LogP contribution in [0.5, 0.6) is 0 Å². The van der Waals surface area contributed by atoms with Crippen molar-refractivity contribution < 1.29 is 30.0 Å². The molecule has 7 heteroatoms. The maximum atomic E-state index is 9.77. The molecule has 7 nitrogen and oxygen atoms in total. The van der Waals surface area contributed by atoms with Crippen LogP contribution in [0.4, 0.5) is 0 Å². The Kier molecular flexibility index (Phi) is 6.59. The minimum atomic E-state index is -2.27. The highest BCUT2D eigenvalue weighted by Crippen LogP contribution is 1.92. The average molecular weight is 221 g/mol. The summed E-state index contributed by atoms with van der Waals surface area (Å²) < 4.78 is 0. The molecule has 2 atom stereocenters. The molecule has 1 aliphatic rings. The summed E-state index contributed by atoms with van der Waals surface area (Å²) in [6, 6.07) is 0. The fraction of sp³-hybridized carbons (Fsp3) is 0.750. The molecule has 0 amide bonds. The lowest BCUT2D eigenvalue weighted by Gasteiger charge is -2.07. The first-order valence-corrected chi connectivity index (χ1v) is 4.49. The van der Waals surface area contributed by atoms with Crippen molar-refractivity contribution in [1.82, 2.24) is 5.32 Å². The van der Waals surface area contributed by atoms with Gasteiger partial charge in [0.15, 0.2) is 12.2 Å². The molecule has 1 heterocycles. The topological polar surface area (TPSA) is 127 Å². The summed E-state index contributed by atoms with van der Waals surface area (Å²) in [6.45, 7) is 2.50. The van der Waals surface area contributed by atoms with Crippen LogP contribution in [-0.2, 0) is 9.59 Å². The van der Waals surface area contributed by atoms with Crippen molar-refractivity contribution in [2.75, 3.05) is 13.1 Å². The third kappa shape index (κ3) is 6.00. The predicted molar refractivity (Wildman–Crippen MR) is 49.4 cm³/mol. The van der Waals surface area contributed by atoms with Gasteiger partial charge >= 0.3 is 11.9 Å². The highest BCUT2D eigenvalue weighted by Gasteiger charge is 2.29. The van der Waals surface area contributed by atoms with Gasteiger partial charge in [0.05, 0.1) is 0 Å². The van der Waals surface area contributed by atoms with E-state index in [-0.39, 0.29) is 0 Å². The summed E-state index contributed by atoms with van der Waals surface area (Å²) in [5.41, 5.74) is 0. The molecule has 5 N–H and O–H groups in total. The normalized spacial score (nSPS) is 18.5. The first-order valence-electron chi connectivity index (χ1n) is 4.49. The highest BCUT2D eigenvalue weighted by atomic mass is 16.4. The van der Waals surface area contributed by atoms with E-state index in [9.17, 15) is 9.59 Å². The van der Waals surface area contributed by atoms with Gasteiger partial charge in [-0.1, -0.05) is 0 Å². The standard InChI is InChI=1S/C4H9N.C4H6O6/c1-2-4-5-3-1;5-1(3(7)8)2(6)4(9)10/h5H,1-4H2;1-2,5-6H,(H,7,8)(H,9,10). The Hall–Kier alpha value is -1.18. The number of rotatable bonds is 3. The van der Waals surface area contributed by atoms with Crippen LogP contribution in [-0.4, -0.2) is 57.7 Å². The number of carbonyl (C=O) groups is 2. The molecule has 0 aliphatic carbocycles. The number of aliphatic hydroxyl groups excluding tert-OH is 2. The average Bonchev–Trinajstić information content (AvgIpc) is 2.73. The summed E-state index contributed by atoms with van der Waals surface area (Å²) in [5, 5.41) is 35.7. The van der Waals surface area contributed by atoms with Crippen molar-refractivity contribution >= 4 is 11.9 Å². The SMILES string of the molecule is C1CCNC1.O=C(O)C(O)C(O)C(=O)O. The summed E-state index contributed by atoms with van der Waals surface area (Å²) in [7, 11) is 0. The molecule has 0 aromatic carbocycles. The molecule has 1 aliphatic heterocycles. The Morgan fingerprint density at radius 1 is 0.933 bits per heavy atom. The van der Waals surface area contributed by atoms with E-state index in [1.165, 1.54) is 25.9 Å². The Morgan fingerprint density at radius 3 is 1.40 bits per heavy atom. The van der Waals surface area contributed by atoms with Gasteiger partial charge in [0, 0.05) is 0 Å². The molecular weight excluding hydrogens is 206 g/mol. The molecule has 0 saturated carbocycles. The molecule has 0 aromatic heterocycles. The molecule has 1 saturated heterocycles. The third-order valence-corrected chi connectivity index (χ3v) is 1.76. The maximum absolute atomic E-state index is 9.77. The minimum Gasteiger partial charge on any atom is -0.479 e. The molecule has 1 rings (SSSR count). The number of nitrogens with one attached hydrogen (secondary N) is 1. The van der Waals surface area contributed by atoms with Gasteiger partial charge < -0.3 is 25.7 Å². The fourth-order valence-corrected chi connectivity index (χ4v) is 0.895. The number of aliphatic hydroxyl groups is 2. The van der Waals surface area contributed by atoms with Crippen molar-refractivity contribution in [2.24, 2.45) is 0 Å². The Bertz CT molecular complexity index is 190. The van der Waals surface area contributed by atoms with Crippen LogP contribution in [0.2, 0.25) is 0 Å². The molecule has 1 fully saturated rings. The zero-order valence-electron chi connectivity index (χ0n) is 8.09. The lowest BCUT2D eigenvalue weighted by molar-refractivity contribution is -0.165. The van der Waals surface area contributed by atoms with Crippen LogP contribution in [0.1, 0.15) is 12.8 Å². The summed E-state index contributed by atoms with van der Waals surface area (Å²) in [4.78, 5) is 19.5. The smallest absolute Gasteiger partial charge is 0.335 e. The van der Waals surface area contributed by atoms with Crippen molar-refractivity contribution in [3.63, 3.8) is 0 Å². The second-order valence-corrected chi connectivity index (χ2v) is 3.02. The van der Waals surface area contributed by atoms with Gasteiger partial charge in [0.2, 0.25) is 0 Å². The van der Waals surface area contributed by atoms with Crippen LogP contribution in [0.25, 0.3) is 0 Å². The Labute approximate surface area is 86.3 Å². The van der Waals surface area contributed by atoms with Gasteiger partial charge in [-0.15, -0.1) is 0 Å². The van der Waals surface area contributed by atoms with Gasteiger partial charge in [-0.05, 0) is 25.9 Å². The summed E-state index contributed by atoms with van der Waals surface area (Å²) >= 11 is 0. The molecule has 88 valence electrons. The van der Waals surface area contributed by atoms with E-state index < -0.39 is 24.1 Å². The highest BCUT2D eigenvalue weighted by molar-refractivity contribution is 5.83. The number of carboxylic acid groups (broad SMARTS) is 2. The molecule has 0 bridgehead atoms. The second-order valence-electron chi connectivity index (χ2n) is 3.02. The number of hydrogen-bond donors (Lipinski definition) is 5. The largest absolute Gasteiger partial charge is 0.479 e. The molecular formula is C8H15NO6. The van der Waals surface area contributed by atoms with Crippen LogP contribution in [0, 0.1) is 0 Å². The fourth-order valence-electron chi connectivity index (χ4n) is 0.895. The molecule has 2 unspecified atom stereocenters. The van der Waals surface area contributed by atoms with Gasteiger partial charge in [0.25, 0.3) is 0 Å². The molecule has 15 heavy (non-hydrogen) atoms. The lowest BCUT2D eigenvalue weighted by atomic mass is 10.2. The lowest BCUT2D eigenvalue weighted by Crippen LogP contribution is -2.39. The van der Waals surface area contributed by atoms with Crippen molar-refractivity contribution in [2.45, 2.75) is 25.0 Å². The Balaban J connectivity index is 0.000000322. The van der Waals surface area contributed by atoms with E-state index in [0.29, 0.717) is 0 Å². The van der Waals surface area contributed by atoms with Crippen molar-refractivity contribution in [3.05, 3.63) is 0 Å². The van der Waals surface area contributed by atoms with Gasteiger partial charge in [0.1, 0.15) is 0 Å². The Morgan fingerprint density at radius 2 is 1.27 bits per heavy atom. The van der Waals surface area contributed by atoms with E-state index in [1.807, 2.05) is 0 Å². The quantitative estimate of drug-likeness (QED) is 0.382. The first-order chi connectivity index (χ1) is 6.96. The summed E-state index contributed by atoms with van der Waals surface area (Å²) in [6.07, 6.45) is -1.75. The van der Waals surface area contributed by atoms with E-state index in [4.69, 9.17) is 20.4 Å². The first kappa shape index (κ1) is 13.8. The molecule has 0 spiro atoms. The zero-order chi connectivity index (χ0) is 11.8. The number of aliphatic carboxylic acids is 2. The maximum Gasteiger partial charge on any atom is 0.335 e. The molecule has 0 radical (unpaired) electrons. The van der Waals surface area contributed by atoms with E-state index in [0.717, 1.165) is 0 Å². The van der Waals surface area contributed by atoms with Gasteiger partial charge in [-0.3, -0.25) is 0 Å². The second kappa shape index (κ2) is 7.16. The van der Waals surface area contributed by atoms with Crippen molar-refractivity contribution in [3.8, 4) is 0 Å². The van der Waals surface area contributed by atoms with E-state index in [2.05, 4.69) is 5.32 Å². The molecule has 0 aromatic rings. The minimum absolute atomic E-state index is 1.25. The monoisotopic (exact) mass is 221 g/mol. The van der Waals surface area contributed by atoms with Crippen LogP contribution in [0.3, 0.4) is 0 Å². The number of hydrogen-bond acceptors (Lipinski definition) is 5. The van der Waals surface area contributed by atoms with Gasteiger partial charge in [-0.2, -0.15) is 0 Å². The van der Waals surface area contributed by atoms with Crippen LogP contribution >= 0.6 is 0 Å².